The first-order valence-electron chi connectivity index (χ1n) is 23.2. The van der Waals surface area contributed by atoms with Crippen LogP contribution in [0.4, 0.5) is 0 Å². The van der Waals surface area contributed by atoms with E-state index in [0.29, 0.717) is 12.8 Å². The molecule has 0 aliphatic carbocycles. The Morgan fingerprint density at radius 3 is 1.28 bits per heavy atom. The molecule has 0 heterocycles. The zero-order valence-corrected chi connectivity index (χ0v) is 37.3. The van der Waals surface area contributed by atoms with E-state index in [2.05, 4.69) is 30.5 Å². The summed E-state index contributed by atoms with van der Waals surface area (Å²) in [7, 11) is -4.71. The highest BCUT2D eigenvalue weighted by molar-refractivity contribution is 7.47. The van der Waals surface area contributed by atoms with Crippen LogP contribution in [0.1, 0.15) is 226 Å². The minimum Gasteiger partial charge on any atom is -0.480 e. The molecule has 3 atom stereocenters. The third-order valence-electron chi connectivity index (χ3n) is 10.3. The van der Waals surface area contributed by atoms with Crippen LogP contribution in [0.25, 0.3) is 0 Å². The molecule has 12 heteroatoms. The lowest BCUT2D eigenvalue weighted by Crippen LogP contribution is -2.34. The minimum absolute atomic E-state index is 0.165. The first kappa shape index (κ1) is 55.2. The number of carbonyl (C=O) groups is 3. The lowest BCUT2D eigenvalue weighted by atomic mass is 10.0. The van der Waals surface area contributed by atoms with Gasteiger partial charge in [-0.15, -0.1) is 0 Å². The Balaban J connectivity index is 4.24. The largest absolute Gasteiger partial charge is 0.480 e. The van der Waals surface area contributed by atoms with Crippen LogP contribution in [0.2, 0.25) is 0 Å². The first-order valence-corrected chi connectivity index (χ1v) is 24.7. The number of allylic oxidation sites excluding steroid dienone is 2. The molecule has 0 bridgehead atoms. The Bertz CT molecular complexity index is 1030. The van der Waals surface area contributed by atoms with Gasteiger partial charge in [-0.3, -0.25) is 23.4 Å². The summed E-state index contributed by atoms with van der Waals surface area (Å²) in [5.74, 6) is -2.36. The van der Waals surface area contributed by atoms with Gasteiger partial charge >= 0.3 is 25.7 Å². The molecule has 0 saturated carbocycles. The van der Waals surface area contributed by atoms with Crippen molar-refractivity contribution in [1.29, 1.82) is 0 Å². The van der Waals surface area contributed by atoms with Crippen LogP contribution in [0, 0.1) is 0 Å². The zero-order chi connectivity index (χ0) is 42.1. The summed E-state index contributed by atoms with van der Waals surface area (Å²) < 4.78 is 32.7. The van der Waals surface area contributed by atoms with E-state index in [0.717, 1.165) is 38.5 Å². The minimum atomic E-state index is -4.71. The summed E-state index contributed by atoms with van der Waals surface area (Å²) in [5, 5.41) is 8.89. The van der Waals surface area contributed by atoms with Crippen molar-refractivity contribution < 1.29 is 47.5 Å². The molecule has 0 amide bonds. The van der Waals surface area contributed by atoms with Crippen molar-refractivity contribution in [3.8, 4) is 0 Å². The molecule has 0 radical (unpaired) electrons. The van der Waals surface area contributed by atoms with E-state index in [-0.39, 0.29) is 19.4 Å². The van der Waals surface area contributed by atoms with E-state index in [4.69, 9.17) is 24.8 Å². The van der Waals surface area contributed by atoms with Gasteiger partial charge in [0.1, 0.15) is 12.6 Å². The quantitative estimate of drug-likeness (QED) is 0.0231. The molecule has 0 aromatic rings. The monoisotopic (exact) mass is 832 g/mol. The third-order valence-corrected chi connectivity index (χ3v) is 11.2. The normalized spacial score (nSPS) is 13.8. The van der Waals surface area contributed by atoms with E-state index < -0.39 is 51.1 Å². The summed E-state index contributed by atoms with van der Waals surface area (Å²) in [6.45, 7) is 2.82. The maximum absolute atomic E-state index is 12.6. The SMILES string of the molecule is CCCCCCCC/C=C\CCCCCCCCCCCCCC(=O)O[C@H](COC(=O)CCCCCCCCCCCCCC)COP(=O)(O)OC[C@H](N)C(=O)O. The highest BCUT2D eigenvalue weighted by Gasteiger charge is 2.28. The molecule has 0 aromatic carbocycles. The zero-order valence-electron chi connectivity index (χ0n) is 36.5. The van der Waals surface area contributed by atoms with E-state index >= 15 is 0 Å². The molecule has 4 N–H and O–H groups in total. The van der Waals surface area contributed by atoms with Gasteiger partial charge in [-0.2, -0.15) is 0 Å². The molecule has 57 heavy (non-hydrogen) atoms. The van der Waals surface area contributed by atoms with Crippen molar-refractivity contribution >= 4 is 25.7 Å². The predicted molar refractivity (Wildman–Crippen MR) is 231 cm³/mol. The third kappa shape index (κ3) is 40.8. The first-order chi connectivity index (χ1) is 27.6. The molecule has 0 aliphatic heterocycles. The molecule has 336 valence electrons. The highest BCUT2D eigenvalue weighted by Crippen LogP contribution is 2.43. The fourth-order valence-corrected chi connectivity index (χ4v) is 7.37. The predicted octanol–water partition coefficient (Wildman–Crippen LogP) is 12.5. The smallest absolute Gasteiger partial charge is 0.472 e. The molecule has 0 aliphatic rings. The van der Waals surface area contributed by atoms with Gasteiger partial charge in [-0.05, 0) is 38.5 Å². The van der Waals surface area contributed by atoms with E-state index in [9.17, 15) is 23.8 Å². The van der Waals surface area contributed by atoms with Gasteiger partial charge in [0, 0.05) is 12.8 Å². The number of ether oxygens (including phenoxy) is 2. The van der Waals surface area contributed by atoms with Gasteiger partial charge < -0.3 is 25.2 Å². The number of carboxylic acid groups (broad SMARTS) is 1. The van der Waals surface area contributed by atoms with Gasteiger partial charge in [-0.25, -0.2) is 4.57 Å². The molecule has 0 fully saturated rings. The van der Waals surface area contributed by atoms with Crippen LogP contribution in [0.3, 0.4) is 0 Å². The Hall–Kier alpha value is -1.78. The van der Waals surface area contributed by atoms with Gasteiger partial charge in [0.25, 0.3) is 0 Å². The second-order valence-corrected chi connectivity index (χ2v) is 17.3. The standard InChI is InChI=1S/C45H86NO10P/c1-3-5-7-9-11-13-15-17-18-19-20-21-22-23-24-25-27-29-31-33-35-37-44(48)56-41(39-54-57(51,52)55-40-42(46)45(49)50)38-53-43(47)36-34-32-30-28-26-16-14-12-10-8-6-4-2/h17-18,41-42H,3-16,19-40,46H2,1-2H3,(H,49,50)(H,51,52)/b18-17-/t41-,42+/m1/s1. The Labute approximate surface area is 348 Å². The number of phosphoric acid groups is 1. The van der Waals surface area contributed by atoms with E-state index in [1.54, 1.807) is 0 Å². The number of phosphoric ester groups is 1. The second-order valence-electron chi connectivity index (χ2n) is 15.9. The number of nitrogens with two attached hydrogens (primary N) is 1. The van der Waals surface area contributed by atoms with Gasteiger partial charge in [0.15, 0.2) is 6.10 Å². The van der Waals surface area contributed by atoms with Crippen LogP contribution >= 0.6 is 7.82 Å². The number of hydrogen-bond donors (Lipinski definition) is 3. The fraction of sp³-hybridized carbons (Fsp3) is 0.889. The molecule has 11 nitrogen and oxygen atoms in total. The molecular weight excluding hydrogens is 745 g/mol. The van der Waals surface area contributed by atoms with Crippen LogP contribution in [-0.2, 0) is 37.5 Å². The number of rotatable bonds is 44. The van der Waals surface area contributed by atoms with Crippen LogP contribution in [0.5, 0.6) is 0 Å². The van der Waals surface area contributed by atoms with Crippen LogP contribution < -0.4 is 5.73 Å². The summed E-state index contributed by atoms with van der Waals surface area (Å²) in [5.41, 5.74) is 5.34. The van der Waals surface area contributed by atoms with Crippen molar-refractivity contribution in [2.45, 2.75) is 238 Å². The Morgan fingerprint density at radius 1 is 0.526 bits per heavy atom. The van der Waals surface area contributed by atoms with E-state index in [1.807, 2.05) is 0 Å². The molecule has 0 rings (SSSR count). The Morgan fingerprint density at radius 2 is 0.877 bits per heavy atom. The molecular formula is C45H86NO10P. The molecule has 0 saturated heterocycles. The van der Waals surface area contributed by atoms with Crippen molar-refractivity contribution in [2.24, 2.45) is 5.73 Å². The summed E-state index contributed by atoms with van der Waals surface area (Å²) in [6, 6.07) is -1.52. The summed E-state index contributed by atoms with van der Waals surface area (Å²) >= 11 is 0. The number of carboxylic acids is 1. The topological polar surface area (TPSA) is 172 Å². The van der Waals surface area contributed by atoms with Crippen molar-refractivity contribution in [1.82, 2.24) is 0 Å². The fourth-order valence-electron chi connectivity index (χ4n) is 6.59. The summed E-state index contributed by atoms with van der Waals surface area (Å²) in [6.07, 6.45) is 41.3. The van der Waals surface area contributed by atoms with Crippen molar-refractivity contribution in [2.75, 3.05) is 19.8 Å². The van der Waals surface area contributed by atoms with Crippen LogP contribution in [-0.4, -0.2) is 59.9 Å². The van der Waals surface area contributed by atoms with Gasteiger partial charge in [0.05, 0.1) is 13.2 Å². The molecule has 1 unspecified atom stereocenters. The van der Waals surface area contributed by atoms with E-state index in [1.165, 1.54) is 148 Å². The summed E-state index contributed by atoms with van der Waals surface area (Å²) in [4.78, 5) is 46.0. The van der Waals surface area contributed by atoms with Crippen molar-refractivity contribution in [3.63, 3.8) is 0 Å². The number of unbranched alkanes of at least 4 members (excludes halogenated alkanes) is 28. The number of hydrogen-bond acceptors (Lipinski definition) is 9. The lowest BCUT2D eigenvalue weighted by Gasteiger charge is -2.20. The molecule has 0 aromatic heterocycles. The number of aliphatic carboxylic acids is 1. The number of carbonyl (C=O) groups excluding carboxylic acids is 2. The van der Waals surface area contributed by atoms with Gasteiger partial charge in [-0.1, -0.05) is 187 Å². The second kappa shape index (κ2) is 41.0. The average molecular weight is 832 g/mol. The Kier molecular flexibility index (Phi) is 39.7. The van der Waals surface area contributed by atoms with Gasteiger partial charge in [0.2, 0.25) is 0 Å². The maximum atomic E-state index is 12.6. The average Bonchev–Trinajstić information content (AvgIpc) is 3.19. The van der Waals surface area contributed by atoms with Crippen LogP contribution in [0.15, 0.2) is 12.2 Å². The van der Waals surface area contributed by atoms with Crippen molar-refractivity contribution in [3.05, 3.63) is 12.2 Å². The lowest BCUT2D eigenvalue weighted by molar-refractivity contribution is -0.161. The number of esters is 2. The molecule has 0 spiro atoms. The highest BCUT2D eigenvalue weighted by atomic mass is 31.2. The maximum Gasteiger partial charge on any atom is 0.472 e.